The average Bonchev–Trinajstić information content (AvgIpc) is 2.96. The van der Waals surface area contributed by atoms with Crippen molar-refractivity contribution in [1.29, 1.82) is 0 Å². The molecule has 128 valence electrons. The second kappa shape index (κ2) is 7.92. The molecule has 2 amide bonds. The standard InChI is InChI=1S/C16H20ClN5OS/c1-11-18-16(24-21-11)20-15(23)19-13-6-8-22(9-7-13)10-12-4-2-3-5-14(12)17/h2-5,13H,6-10H2,1H3,(H2,18,19,20,21,23). The highest BCUT2D eigenvalue weighted by Crippen LogP contribution is 2.20. The highest BCUT2D eigenvalue weighted by atomic mass is 35.5. The number of nitrogens with zero attached hydrogens (tertiary/aromatic N) is 3. The molecule has 3 rings (SSSR count). The number of carbonyl (C=O) groups excluding carboxylic acids is 1. The minimum absolute atomic E-state index is 0.182. The van der Waals surface area contributed by atoms with Gasteiger partial charge in [-0.15, -0.1) is 0 Å². The first kappa shape index (κ1) is 17.1. The molecule has 2 heterocycles. The molecule has 24 heavy (non-hydrogen) atoms. The Labute approximate surface area is 150 Å². The first-order chi connectivity index (χ1) is 11.6. The molecule has 0 unspecified atom stereocenters. The summed E-state index contributed by atoms with van der Waals surface area (Å²) < 4.78 is 4.04. The number of hydrogen-bond donors (Lipinski definition) is 2. The number of aryl methyl sites for hydroxylation is 1. The minimum Gasteiger partial charge on any atom is -0.335 e. The van der Waals surface area contributed by atoms with Crippen molar-refractivity contribution in [2.75, 3.05) is 18.4 Å². The van der Waals surface area contributed by atoms with Crippen LogP contribution in [0.2, 0.25) is 5.02 Å². The van der Waals surface area contributed by atoms with Gasteiger partial charge in [0.15, 0.2) is 0 Å². The van der Waals surface area contributed by atoms with Crippen molar-refractivity contribution < 1.29 is 4.79 Å². The van der Waals surface area contributed by atoms with Gasteiger partial charge in [0.2, 0.25) is 5.13 Å². The molecule has 1 aliphatic rings. The summed E-state index contributed by atoms with van der Waals surface area (Å²) in [5.74, 6) is 0.670. The Balaban J connectivity index is 1.43. The zero-order chi connectivity index (χ0) is 16.9. The van der Waals surface area contributed by atoms with E-state index in [1.54, 1.807) is 6.92 Å². The molecule has 0 atom stereocenters. The Hall–Kier alpha value is -1.70. The lowest BCUT2D eigenvalue weighted by Gasteiger charge is -2.32. The van der Waals surface area contributed by atoms with Crippen LogP contribution in [0.25, 0.3) is 0 Å². The maximum atomic E-state index is 12.0. The van der Waals surface area contributed by atoms with Crippen LogP contribution in [0.4, 0.5) is 9.93 Å². The summed E-state index contributed by atoms with van der Waals surface area (Å²) in [4.78, 5) is 18.5. The maximum absolute atomic E-state index is 12.0. The zero-order valence-electron chi connectivity index (χ0n) is 13.5. The fraction of sp³-hybridized carbons (Fsp3) is 0.438. The summed E-state index contributed by atoms with van der Waals surface area (Å²) in [5, 5.41) is 7.08. The number of urea groups is 1. The summed E-state index contributed by atoms with van der Waals surface area (Å²) in [7, 11) is 0. The van der Waals surface area contributed by atoms with Crippen molar-refractivity contribution in [1.82, 2.24) is 19.6 Å². The molecular weight excluding hydrogens is 346 g/mol. The fourth-order valence-electron chi connectivity index (χ4n) is 2.77. The highest BCUT2D eigenvalue weighted by molar-refractivity contribution is 7.09. The van der Waals surface area contributed by atoms with Crippen molar-refractivity contribution >= 4 is 34.3 Å². The number of halogens is 1. The van der Waals surface area contributed by atoms with Gasteiger partial charge in [-0.1, -0.05) is 29.8 Å². The number of nitrogens with one attached hydrogen (secondary N) is 2. The van der Waals surface area contributed by atoms with E-state index in [0.717, 1.165) is 43.1 Å². The van der Waals surface area contributed by atoms with Crippen molar-refractivity contribution in [2.24, 2.45) is 0 Å². The summed E-state index contributed by atoms with van der Waals surface area (Å²) >= 11 is 7.41. The minimum atomic E-state index is -0.212. The molecule has 1 aromatic heterocycles. The highest BCUT2D eigenvalue weighted by Gasteiger charge is 2.21. The molecule has 1 aromatic carbocycles. The number of benzene rings is 1. The molecule has 2 N–H and O–H groups in total. The van der Waals surface area contributed by atoms with Crippen LogP contribution < -0.4 is 10.6 Å². The molecule has 0 saturated carbocycles. The number of aromatic nitrogens is 2. The predicted octanol–water partition coefficient (Wildman–Crippen LogP) is 3.29. The first-order valence-electron chi connectivity index (χ1n) is 7.94. The van der Waals surface area contributed by atoms with Gasteiger partial charge in [-0.2, -0.15) is 4.37 Å². The molecule has 8 heteroatoms. The Morgan fingerprint density at radius 2 is 2.12 bits per heavy atom. The van der Waals surface area contributed by atoms with E-state index in [9.17, 15) is 4.79 Å². The number of hydrogen-bond acceptors (Lipinski definition) is 5. The third-order valence-corrected chi connectivity index (χ3v) is 5.11. The van der Waals surface area contributed by atoms with E-state index in [1.165, 1.54) is 11.5 Å². The number of anilines is 1. The van der Waals surface area contributed by atoms with Crippen molar-refractivity contribution in [3.05, 3.63) is 40.7 Å². The number of amides is 2. The Bertz CT molecular complexity index is 699. The molecule has 0 spiro atoms. The third-order valence-electron chi connectivity index (χ3n) is 4.02. The van der Waals surface area contributed by atoms with Crippen LogP contribution in [0.15, 0.2) is 24.3 Å². The maximum Gasteiger partial charge on any atom is 0.321 e. The lowest BCUT2D eigenvalue weighted by Crippen LogP contribution is -2.45. The van der Waals surface area contributed by atoms with E-state index in [1.807, 2.05) is 18.2 Å². The van der Waals surface area contributed by atoms with Gasteiger partial charge in [-0.3, -0.25) is 10.2 Å². The van der Waals surface area contributed by atoms with Crippen molar-refractivity contribution in [3.63, 3.8) is 0 Å². The van der Waals surface area contributed by atoms with E-state index in [0.29, 0.717) is 11.0 Å². The Morgan fingerprint density at radius 1 is 1.38 bits per heavy atom. The topological polar surface area (TPSA) is 70.2 Å². The molecule has 0 aliphatic carbocycles. The number of likely N-dealkylation sites (tertiary alicyclic amines) is 1. The van der Waals surface area contributed by atoms with Gasteiger partial charge >= 0.3 is 6.03 Å². The van der Waals surface area contributed by atoms with E-state index >= 15 is 0 Å². The van der Waals surface area contributed by atoms with Crippen molar-refractivity contribution in [2.45, 2.75) is 32.4 Å². The van der Waals surface area contributed by atoms with Crippen LogP contribution in [0.3, 0.4) is 0 Å². The molecule has 1 aliphatic heterocycles. The summed E-state index contributed by atoms with van der Waals surface area (Å²) in [6, 6.07) is 7.90. The number of rotatable bonds is 4. The quantitative estimate of drug-likeness (QED) is 0.872. The molecule has 0 radical (unpaired) electrons. The van der Waals surface area contributed by atoms with Gasteiger partial charge in [-0.25, -0.2) is 9.78 Å². The van der Waals surface area contributed by atoms with Crippen LogP contribution in [-0.4, -0.2) is 39.4 Å². The predicted molar refractivity (Wildman–Crippen MR) is 96.6 cm³/mol. The van der Waals surface area contributed by atoms with Gasteiger partial charge in [0.1, 0.15) is 5.82 Å². The SMILES string of the molecule is Cc1nsc(NC(=O)NC2CCN(Cc3ccccc3Cl)CC2)n1. The largest absolute Gasteiger partial charge is 0.335 e. The van der Waals surface area contributed by atoms with E-state index in [4.69, 9.17) is 11.6 Å². The van der Waals surface area contributed by atoms with Crippen LogP contribution >= 0.6 is 23.1 Å². The van der Waals surface area contributed by atoms with E-state index in [2.05, 4.69) is 31.0 Å². The molecule has 6 nitrogen and oxygen atoms in total. The molecule has 1 saturated heterocycles. The zero-order valence-corrected chi connectivity index (χ0v) is 15.0. The molecular formula is C16H20ClN5OS. The average molecular weight is 366 g/mol. The fourth-order valence-corrected chi connectivity index (χ4v) is 3.54. The van der Waals surface area contributed by atoms with Crippen LogP contribution in [0, 0.1) is 6.92 Å². The molecule has 0 bridgehead atoms. The van der Waals surface area contributed by atoms with Crippen LogP contribution in [0.1, 0.15) is 24.2 Å². The normalized spacial score (nSPS) is 16.1. The molecule has 2 aromatic rings. The van der Waals surface area contributed by atoms with Crippen LogP contribution in [-0.2, 0) is 6.54 Å². The smallest absolute Gasteiger partial charge is 0.321 e. The third kappa shape index (κ3) is 4.66. The van der Waals surface area contributed by atoms with Gasteiger partial charge in [0.05, 0.1) is 0 Å². The lowest BCUT2D eigenvalue weighted by molar-refractivity contribution is 0.190. The first-order valence-corrected chi connectivity index (χ1v) is 9.09. The van der Waals surface area contributed by atoms with E-state index in [-0.39, 0.29) is 12.1 Å². The van der Waals surface area contributed by atoms with Crippen molar-refractivity contribution in [3.8, 4) is 0 Å². The number of piperidine rings is 1. The monoisotopic (exact) mass is 365 g/mol. The lowest BCUT2D eigenvalue weighted by atomic mass is 10.0. The Kier molecular flexibility index (Phi) is 5.65. The van der Waals surface area contributed by atoms with Gasteiger partial charge in [0, 0.05) is 42.2 Å². The van der Waals surface area contributed by atoms with Gasteiger partial charge < -0.3 is 5.32 Å². The van der Waals surface area contributed by atoms with Crippen LogP contribution in [0.5, 0.6) is 0 Å². The van der Waals surface area contributed by atoms with E-state index < -0.39 is 0 Å². The second-order valence-electron chi connectivity index (χ2n) is 5.89. The van der Waals surface area contributed by atoms with Gasteiger partial charge in [0.25, 0.3) is 0 Å². The second-order valence-corrected chi connectivity index (χ2v) is 7.05. The Morgan fingerprint density at radius 3 is 2.79 bits per heavy atom. The summed E-state index contributed by atoms with van der Waals surface area (Å²) in [5.41, 5.74) is 1.15. The van der Waals surface area contributed by atoms with Gasteiger partial charge in [-0.05, 0) is 31.4 Å². The summed E-state index contributed by atoms with van der Waals surface area (Å²) in [6.45, 7) is 4.53. The molecule has 1 fully saturated rings. The number of carbonyl (C=O) groups is 1. The summed E-state index contributed by atoms with van der Waals surface area (Å²) in [6.07, 6.45) is 1.85.